The van der Waals surface area contributed by atoms with Gasteiger partial charge in [0.1, 0.15) is 16.5 Å². The molecule has 0 aliphatic heterocycles. The van der Waals surface area contributed by atoms with Gasteiger partial charge in [-0.1, -0.05) is 35.3 Å². The lowest BCUT2D eigenvalue weighted by molar-refractivity contribution is -0.131. The first-order valence-corrected chi connectivity index (χ1v) is 5.27. The number of rotatable bonds is 4. The van der Waals surface area contributed by atoms with Crippen LogP contribution in [0.4, 0.5) is 5.69 Å². The molecule has 0 saturated carbocycles. The molecule has 0 aliphatic carbocycles. The Hall–Kier alpha value is -1.52. The molecule has 0 aromatic heterocycles. The van der Waals surface area contributed by atoms with E-state index in [1.807, 2.05) is 0 Å². The van der Waals surface area contributed by atoms with Crippen LogP contribution in [0, 0.1) is 0 Å². The van der Waals surface area contributed by atoms with Crippen molar-refractivity contribution in [3.63, 3.8) is 0 Å². The van der Waals surface area contributed by atoms with Crippen LogP contribution >= 0.6 is 23.2 Å². The van der Waals surface area contributed by atoms with Crippen LogP contribution in [0.25, 0.3) is 0 Å². The van der Waals surface area contributed by atoms with Crippen LogP contribution in [-0.2, 0) is 4.79 Å². The van der Waals surface area contributed by atoms with Crippen LogP contribution in [0.3, 0.4) is 0 Å². The fourth-order valence-corrected chi connectivity index (χ4v) is 1.20. The molecule has 0 amide bonds. The third-order valence-corrected chi connectivity index (χ3v) is 2.55. The SMILES string of the molecule is COc1ccccc1N=C/C(Cl)=C(\Cl)C(=O)O. The normalized spacial score (nSPS) is 12.4. The number of hydrogen-bond acceptors (Lipinski definition) is 3. The Kier molecular flexibility index (Phi) is 5.00. The minimum Gasteiger partial charge on any atom is -0.494 e. The molecule has 1 aromatic rings. The Morgan fingerprint density at radius 1 is 1.41 bits per heavy atom. The lowest BCUT2D eigenvalue weighted by Gasteiger charge is -2.02. The van der Waals surface area contributed by atoms with Crippen molar-refractivity contribution in [2.45, 2.75) is 0 Å². The quantitative estimate of drug-likeness (QED) is 0.677. The van der Waals surface area contributed by atoms with E-state index in [2.05, 4.69) is 4.99 Å². The molecule has 1 N–H and O–H groups in total. The molecule has 0 aliphatic rings. The standard InChI is InChI=1S/C11H9Cl2NO3/c1-17-9-5-3-2-4-8(9)14-6-7(12)10(13)11(15)16/h2-6H,1H3,(H,15,16)/b10-7+,14-6?. The van der Waals surface area contributed by atoms with E-state index >= 15 is 0 Å². The fourth-order valence-electron chi connectivity index (χ4n) is 1.02. The summed E-state index contributed by atoms with van der Waals surface area (Å²) in [5.41, 5.74) is 0.531. The molecule has 0 fully saturated rings. The van der Waals surface area contributed by atoms with Crippen molar-refractivity contribution in [1.29, 1.82) is 0 Å². The highest BCUT2D eigenvalue weighted by molar-refractivity contribution is 6.51. The topological polar surface area (TPSA) is 58.9 Å². The highest BCUT2D eigenvalue weighted by Crippen LogP contribution is 2.26. The first-order chi connectivity index (χ1) is 8.06. The Morgan fingerprint density at radius 2 is 2.06 bits per heavy atom. The molecular formula is C11H9Cl2NO3. The van der Waals surface area contributed by atoms with E-state index in [1.54, 1.807) is 24.3 Å². The average Bonchev–Trinajstić information content (AvgIpc) is 2.35. The van der Waals surface area contributed by atoms with Crippen LogP contribution in [0.1, 0.15) is 0 Å². The third-order valence-electron chi connectivity index (χ3n) is 1.80. The summed E-state index contributed by atoms with van der Waals surface area (Å²) < 4.78 is 5.06. The van der Waals surface area contributed by atoms with E-state index in [4.69, 9.17) is 33.0 Å². The molecule has 90 valence electrons. The summed E-state index contributed by atoms with van der Waals surface area (Å²) in [4.78, 5) is 14.5. The molecule has 4 nitrogen and oxygen atoms in total. The zero-order chi connectivity index (χ0) is 12.8. The highest BCUT2D eigenvalue weighted by atomic mass is 35.5. The Labute approximate surface area is 108 Å². The van der Waals surface area contributed by atoms with Crippen molar-refractivity contribution in [3.8, 4) is 5.75 Å². The maximum Gasteiger partial charge on any atom is 0.348 e. The van der Waals surface area contributed by atoms with Crippen LogP contribution in [0.2, 0.25) is 0 Å². The maximum absolute atomic E-state index is 10.5. The molecule has 0 radical (unpaired) electrons. The molecule has 17 heavy (non-hydrogen) atoms. The van der Waals surface area contributed by atoms with Crippen molar-refractivity contribution in [2.75, 3.05) is 7.11 Å². The van der Waals surface area contributed by atoms with E-state index in [0.29, 0.717) is 11.4 Å². The van der Waals surface area contributed by atoms with Gasteiger partial charge < -0.3 is 9.84 Å². The highest BCUT2D eigenvalue weighted by Gasteiger charge is 2.08. The molecule has 0 spiro atoms. The summed E-state index contributed by atoms with van der Waals surface area (Å²) in [6.45, 7) is 0. The smallest absolute Gasteiger partial charge is 0.348 e. The first kappa shape index (κ1) is 13.5. The van der Waals surface area contributed by atoms with Crippen LogP contribution in [-0.4, -0.2) is 24.4 Å². The monoisotopic (exact) mass is 273 g/mol. The number of methoxy groups -OCH3 is 1. The summed E-state index contributed by atoms with van der Waals surface area (Å²) in [6.07, 6.45) is 1.16. The number of hydrogen-bond donors (Lipinski definition) is 1. The molecule has 0 unspecified atom stereocenters. The van der Waals surface area contributed by atoms with Gasteiger partial charge in [-0.2, -0.15) is 0 Å². The number of allylic oxidation sites excluding steroid dienone is 1. The van der Waals surface area contributed by atoms with Gasteiger partial charge in [0, 0.05) is 6.21 Å². The van der Waals surface area contributed by atoms with Crippen molar-refractivity contribution in [1.82, 2.24) is 0 Å². The zero-order valence-electron chi connectivity index (χ0n) is 8.85. The van der Waals surface area contributed by atoms with Gasteiger partial charge >= 0.3 is 5.97 Å². The summed E-state index contributed by atoms with van der Waals surface area (Å²) in [7, 11) is 1.51. The molecule has 1 rings (SSSR count). The number of carboxylic acid groups (broad SMARTS) is 1. The number of para-hydroxylation sites is 2. The van der Waals surface area contributed by atoms with Gasteiger partial charge in [0.15, 0.2) is 0 Å². The van der Waals surface area contributed by atoms with Gasteiger partial charge in [0.2, 0.25) is 0 Å². The van der Waals surface area contributed by atoms with E-state index in [0.717, 1.165) is 6.21 Å². The molecule has 1 aromatic carbocycles. The Morgan fingerprint density at radius 3 is 2.65 bits per heavy atom. The number of ether oxygens (including phenoxy) is 1. The molecular weight excluding hydrogens is 265 g/mol. The Bertz CT molecular complexity index is 483. The van der Waals surface area contributed by atoms with Crippen molar-refractivity contribution in [2.24, 2.45) is 4.99 Å². The number of halogens is 2. The summed E-state index contributed by atoms with van der Waals surface area (Å²) >= 11 is 11.1. The molecule has 0 bridgehead atoms. The van der Waals surface area contributed by atoms with E-state index in [-0.39, 0.29) is 5.03 Å². The van der Waals surface area contributed by atoms with Gasteiger partial charge in [-0.3, -0.25) is 4.99 Å². The van der Waals surface area contributed by atoms with Crippen molar-refractivity contribution in [3.05, 3.63) is 34.3 Å². The van der Waals surface area contributed by atoms with Crippen LogP contribution in [0.5, 0.6) is 5.75 Å². The van der Waals surface area contributed by atoms with Gasteiger partial charge in [-0.25, -0.2) is 4.79 Å². The molecule has 0 heterocycles. The summed E-state index contributed by atoms with van der Waals surface area (Å²) in [5.74, 6) is -0.747. The minimum absolute atomic E-state index is 0.148. The third kappa shape index (κ3) is 3.76. The molecule has 0 saturated heterocycles. The lowest BCUT2D eigenvalue weighted by atomic mass is 10.3. The lowest BCUT2D eigenvalue weighted by Crippen LogP contribution is -1.96. The van der Waals surface area contributed by atoms with Crippen molar-refractivity contribution >= 4 is 41.1 Å². The van der Waals surface area contributed by atoms with Gasteiger partial charge in [-0.15, -0.1) is 0 Å². The zero-order valence-corrected chi connectivity index (χ0v) is 10.4. The maximum atomic E-state index is 10.5. The van der Waals surface area contributed by atoms with Gasteiger partial charge in [0.05, 0.1) is 12.1 Å². The average molecular weight is 274 g/mol. The largest absolute Gasteiger partial charge is 0.494 e. The fraction of sp³-hybridized carbons (Fsp3) is 0.0909. The van der Waals surface area contributed by atoms with E-state index in [9.17, 15) is 4.79 Å². The summed E-state index contributed by atoms with van der Waals surface area (Å²) in [5, 5.41) is 7.96. The second kappa shape index (κ2) is 6.27. The second-order valence-corrected chi connectivity index (χ2v) is 3.68. The Balaban J connectivity index is 2.99. The van der Waals surface area contributed by atoms with E-state index in [1.165, 1.54) is 7.11 Å². The number of benzene rings is 1. The van der Waals surface area contributed by atoms with Gasteiger partial charge in [-0.05, 0) is 12.1 Å². The number of carboxylic acids is 1. The molecule has 0 atom stereocenters. The second-order valence-electron chi connectivity index (χ2n) is 2.90. The number of carbonyl (C=O) groups is 1. The first-order valence-electron chi connectivity index (χ1n) is 4.52. The van der Waals surface area contributed by atoms with Crippen LogP contribution in [0.15, 0.2) is 39.3 Å². The van der Waals surface area contributed by atoms with Crippen molar-refractivity contribution < 1.29 is 14.6 Å². The summed E-state index contributed by atoms with van der Waals surface area (Å²) in [6, 6.07) is 6.99. The van der Waals surface area contributed by atoms with E-state index < -0.39 is 11.0 Å². The molecule has 6 heteroatoms. The minimum atomic E-state index is -1.30. The number of aliphatic carboxylic acids is 1. The predicted molar refractivity (Wildman–Crippen MR) is 67.5 cm³/mol. The number of aliphatic imine (C=N–C) groups is 1. The van der Waals surface area contributed by atoms with Gasteiger partial charge in [0.25, 0.3) is 0 Å². The van der Waals surface area contributed by atoms with Crippen LogP contribution < -0.4 is 4.74 Å². The number of nitrogens with zero attached hydrogens (tertiary/aromatic N) is 1. The predicted octanol–water partition coefficient (Wildman–Crippen LogP) is 3.17.